The summed E-state index contributed by atoms with van der Waals surface area (Å²) in [6.07, 6.45) is 2.08. The maximum Gasteiger partial charge on any atom is 0.304 e. The Morgan fingerprint density at radius 2 is 1.94 bits per heavy atom. The van der Waals surface area contributed by atoms with Crippen LogP contribution in [-0.2, 0) is 10.2 Å². The minimum Gasteiger partial charge on any atom is -0.491 e. The Bertz CT molecular complexity index is 392. The molecule has 1 fully saturated rings. The second-order valence-electron chi connectivity index (χ2n) is 4.45. The van der Waals surface area contributed by atoms with Gasteiger partial charge in [0.15, 0.2) is 0 Å². The van der Waals surface area contributed by atoms with Crippen molar-refractivity contribution in [1.29, 1.82) is 0 Å². The summed E-state index contributed by atoms with van der Waals surface area (Å²) in [5, 5.41) is 17.5. The molecule has 0 spiro atoms. The second kappa shape index (κ2) is 4.75. The molecule has 0 atom stereocenters. The van der Waals surface area contributed by atoms with Crippen LogP contribution < -0.4 is 4.74 Å². The third-order valence-corrected chi connectivity index (χ3v) is 3.17. The Balaban J connectivity index is 2.05. The highest BCUT2D eigenvalue weighted by Gasteiger charge is 2.45. The number of aliphatic hydroxyl groups excluding tert-OH is 1. The molecule has 92 valence electrons. The minimum atomic E-state index is -0.747. The van der Waals surface area contributed by atoms with Gasteiger partial charge in [-0.1, -0.05) is 12.1 Å². The molecule has 17 heavy (non-hydrogen) atoms. The predicted octanol–water partition coefficient (Wildman–Crippen LogP) is 1.56. The maximum absolute atomic E-state index is 10.8. The fraction of sp³-hybridized carbons (Fsp3) is 0.462. The molecule has 0 radical (unpaired) electrons. The van der Waals surface area contributed by atoms with Crippen LogP contribution in [-0.4, -0.2) is 29.4 Å². The van der Waals surface area contributed by atoms with Crippen LogP contribution in [0.4, 0.5) is 0 Å². The van der Waals surface area contributed by atoms with Crippen LogP contribution in [0.5, 0.6) is 5.75 Å². The van der Waals surface area contributed by atoms with Crippen LogP contribution in [0.3, 0.4) is 0 Å². The van der Waals surface area contributed by atoms with Gasteiger partial charge in [0.25, 0.3) is 0 Å². The number of carboxylic acids is 1. The number of aliphatic hydroxyl groups is 1. The van der Waals surface area contributed by atoms with E-state index in [1.807, 2.05) is 24.3 Å². The SMILES string of the molecule is O=C(O)CC1(c2ccc(OCCO)cc2)CC1. The zero-order chi connectivity index (χ0) is 12.3. The van der Waals surface area contributed by atoms with Crippen molar-refractivity contribution in [2.75, 3.05) is 13.2 Å². The van der Waals surface area contributed by atoms with Crippen molar-refractivity contribution in [3.05, 3.63) is 29.8 Å². The molecule has 0 aromatic heterocycles. The molecule has 2 rings (SSSR count). The smallest absolute Gasteiger partial charge is 0.304 e. The fourth-order valence-electron chi connectivity index (χ4n) is 2.08. The molecular weight excluding hydrogens is 220 g/mol. The van der Waals surface area contributed by atoms with Gasteiger partial charge in [0, 0.05) is 5.41 Å². The first-order valence-electron chi connectivity index (χ1n) is 5.72. The van der Waals surface area contributed by atoms with Crippen molar-refractivity contribution in [3.8, 4) is 5.75 Å². The molecule has 4 heteroatoms. The second-order valence-corrected chi connectivity index (χ2v) is 4.45. The summed E-state index contributed by atoms with van der Waals surface area (Å²) < 4.78 is 5.26. The molecule has 2 N–H and O–H groups in total. The van der Waals surface area contributed by atoms with Gasteiger partial charge >= 0.3 is 5.97 Å². The summed E-state index contributed by atoms with van der Waals surface area (Å²) in [7, 11) is 0. The van der Waals surface area contributed by atoms with E-state index in [1.165, 1.54) is 0 Å². The molecule has 1 aliphatic carbocycles. The van der Waals surface area contributed by atoms with Gasteiger partial charge in [0.05, 0.1) is 13.0 Å². The van der Waals surface area contributed by atoms with Crippen molar-refractivity contribution in [3.63, 3.8) is 0 Å². The van der Waals surface area contributed by atoms with Gasteiger partial charge in [-0.2, -0.15) is 0 Å². The number of hydrogen-bond acceptors (Lipinski definition) is 3. The van der Waals surface area contributed by atoms with E-state index in [1.54, 1.807) is 0 Å². The Labute approximate surface area is 99.8 Å². The highest BCUT2D eigenvalue weighted by atomic mass is 16.5. The Kier molecular flexibility index (Phi) is 3.33. The van der Waals surface area contributed by atoms with E-state index in [-0.39, 0.29) is 25.0 Å². The molecule has 0 heterocycles. The zero-order valence-corrected chi connectivity index (χ0v) is 9.56. The van der Waals surface area contributed by atoms with Crippen molar-refractivity contribution >= 4 is 5.97 Å². The highest BCUT2D eigenvalue weighted by Crippen LogP contribution is 2.51. The quantitative estimate of drug-likeness (QED) is 0.786. The number of ether oxygens (including phenoxy) is 1. The van der Waals surface area contributed by atoms with Gasteiger partial charge in [-0.15, -0.1) is 0 Å². The lowest BCUT2D eigenvalue weighted by atomic mass is 9.92. The molecule has 0 saturated heterocycles. The lowest BCUT2D eigenvalue weighted by Crippen LogP contribution is -2.12. The normalized spacial score (nSPS) is 16.5. The number of hydrogen-bond donors (Lipinski definition) is 2. The summed E-state index contributed by atoms with van der Waals surface area (Å²) >= 11 is 0. The third-order valence-electron chi connectivity index (χ3n) is 3.17. The van der Waals surface area contributed by atoms with Gasteiger partial charge in [-0.3, -0.25) is 4.79 Å². The van der Waals surface area contributed by atoms with Gasteiger partial charge in [0.2, 0.25) is 0 Å². The van der Waals surface area contributed by atoms with Crippen molar-refractivity contribution in [2.24, 2.45) is 0 Å². The van der Waals surface area contributed by atoms with Gasteiger partial charge < -0.3 is 14.9 Å². The van der Waals surface area contributed by atoms with E-state index in [0.717, 1.165) is 18.4 Å². The maximum atomic E-state index is 10.8. The van der Waals surface area contributed by atoms with Crippen LogP contribution in [0.15, 0.2) is 24.3 Å². The van der Waals surface area contributed by atoms with E-state index < -0.39 is 5.97 Å². The number of aliphatic carboxylic acids is 1. The molecule has 1 aromatic carbocycles. The average molecular weight is 236 g/mol. The van der Waals surface area contributed by atoms with E-state index in [2.05, 4.69) is 0 Å². The zero-order valence-electron chi connectivity index (χ0n) is 9.56. The summed E-state index contributed by atoms with van der Waals surface area (Å²) in [6.45, 7) is 0.268. The molecule has 0 aliphatic heterocycles. The number of benzene rings is 1. The topological polar surface area (TPSA) is 66.8 Å². The lowest BCUT2D eigenvalue weighted by molar-refractivity contribution is -0.137. The van der Waals surface area contributed by atoms with E-state index in [9.17, 15) is 4.79 Å². The molecule has 1 aliphatic rings. The van der Waals surface area contributed by atoms with Gasteiger partial charge in [-0.25, -0.2) is 0 Å². The van der Waals surface area contributed by atoms with Crippen molar-refractivity contribution in [2.45, 2.75) is 24.7 Å². The summed E-state index contributed by atoms with van der Waals surface area (Å²) in [4.78, 5) is 10.8. The van der Waals surface area contributed by atoms with Crippen molar-refractivity contribution in [1.82, 2.24) is 0 Å². The van der Waals surface area contributed by atoms with Gasteiger partial charge in [0.1, 0.15) is 12.4 Å². The van der Waals surface area contributed by atoms with Crippen LogP contribution >= 0.6 is 0 Å². The van der Waals surface area contributed by atoms with Crippen LogP contribution in [0.25, 0.3) is 0 Å². The minimum absolute atomic E-state index is 0.00922. The lowest BCUT2D eigenvalue weighted by Gasteiger charge is -2.13. The van der Waals surface area contributed by atoms with Gasteiger partial charge in [-0.05, 0) is 30.5 Å². The first kappa shape index (κ1) is 11.9. The Morgan fingerprint density at radius 3 is 2.41 bits per heavy atom. The van der Waals surface area contributed by atoms with E-state index >= 15 is 0 Å². The number of rotatable bonds is 6. The Morgan fingerprint density at radius 1 is 1.29 bits per heavy atom. The summed E-state index contributed by atoms with van der Waals surface area (Å²) in [6, 6.07) is 7.49. The average Bonchev–Trinajstić information content (AvgIpc) is 3.07. The number of carboxylic acid groups (broad SMARTS) is 1. The van der Waals surface area contributed by atoms with Crippen molar-refractivity contribution < 1.29 is 19.7 Å². The van der Waals surface area contributed by atoms with Crippen LogP contribution in [0.2, 0.25) is 0 Å². The van der Waals surface area contributed by atoms with E-state index in [4.69, 9.17) is 14.9 Å². The van der Waals surface area contributed by atoms with Crippen LogP contribution in [0.1, 0.15) is 24.8 Å². The third kappa shape index (κ3) is 2.77. The van der Waals surface area contributed by atoms with E-state index in [0.29, 0.717) is 5.75 Å². The summed E-state index contributed by atoms with van der Waals surface area (Å²) in [5.74, 6) is -0.0444. The monoisotopic (exact) mass is 236 g/mol. The molecular formula is C13H16O4. The molecule has 4 nitrogen and oxygen atoms in total. The molecule has 0 bridgehead atoms. The molecule has 0 amide bonds. The largest absolute Gasteiger partial charge is 0.491 e. The van der Waals surface area contributed by atoms with Crippen LogP contribution in [0, 0.1) is 0 Å². The number of carbonyl (C=O) groups is 1. The Hall–Kier alpha value is -1.55. The first-order valence-corrected chi connectivity index (χ1v) is 5.72. The molecule has 1 saturated carbocycles. The standard InChI is InChI=1S/C13H16O4/c14-7-8-17-11-3-1-10(2-4-11)13(5-6-13)9-12(15)16/h1-4,14H,5-9H2,(H,15,16). The fourth-order valence-corrected chi connectivity index (χ4v) is 2.08. The summed E-state index contributed by atoms with van der Waals surface area (Å²) in [5.41, 5.74) is 0.915. The highest BCUT2D eigenvalue weighted by molar-refractivity contribution is 5.70. The first-order chi connectivity index (χ1) is 8.16. The molecule has 0 unspecified atom stereocenters. The molecule has 1 aromatic rings. The predicted molar refractivity (Wildman–Crippen MR) is 62.2 cm³/mol.